The zero-order valence-corrected chi connectivity index (χ0v) is 15.6. The average molecular weight is 372 g/mol. The van der Waals surface area contributed by atoms with Crippen LogP contribution in [0.1, 0.15) is 27.9 Å². The molecule has 1 aliphatic rings. The number of H-pyrrole nitrogens is 1. The third-order valence-corrected chi connectivity index (χ3v) is 4.82. The molecule has 1 aromatic carbocycles. The number of methoxy groups -OCH3 is 1. The number of Topliss-reactive ketones (excluding diaryl/α,β-unsaturated/α-hetero) is 1. The van der Waals surface area contributed by atoms with Crippen LogP contribution in [-0.2, 0) is 17.7 Å². The van der Waals surface area contributed by atoms with E-state index in [1.54, 1.807) is 0 Å². The third kappa shape index (κ3) is 3.80. The molecule has 1 aliphatic heterocycles. The maximum Gasteiger partial charge on any atom is 0.330 e. The SMILES string of the molecule is COCCn1c(N)c(C(=O)CN2CCCc3cc(C)ccc32)c(=O)[nH]c1=O. The Kier molecular flexibility index (Phi) is 5.46. The van der Waals surface area contributed by atoms with Crippen LogP contribution in [0.5, 0.6) is 0 Å². The van der Waals surface area contributed by atoms with E-state index in [4.69, 9.17) is 10.5 Å². The summed E-state index contributed by atoms with van der Waals surface area (Å²) in [7, 11) is 1.49. The number of hydrogen-bond donors (Lipinski definition) is 2. The Balaban J connectivity index is 1.92. The van der Waals surface area contributed by atoms with Crippen molar-refractivity contribution in [1.82, 2.24) is 9.55 Å². The van der Waals surface area contributed by atoms with E-state index in [-0.39, 0.29) is 31.1 Å². The van der Waals surface area contributed by atoms with Crippen molar-refractivity contribution in [3.8, 4) is 0 Å². The molecule has 2 heterocycles. The van der Waals surface area contributed by atoms with E-state index < -0.39 is 17.0 Å². The Labute approximate surface area is 156 Å². The predicted octanol–water partition coefficient (Wildman–Crippen LogP) is 0.709. The fourth-order valence-electron chi connectivity index (χ4n) is 3.48. The van der Waals surface area contributed by atoms with E-state index in [0.29, 0.717) is 0 Å². The topological polar surface area (TPSA) is 110 Å². The highest BCUT2D eigenvalue weighted by molar-refractivity contribution is 6.02. The number of aromatic amines is 1. The molecule has 0 amide bonds. The van der Waals surface area contributed by atoms with Gasteiger partial charge in [0.25, 0.3) is 5.56 Å². The number of ether oxygens (including phenoxy) is 1. The number of nitrogen functional groups attached to an aromatic ring is 1. The number of hydrogen-bond acceptors (Lipinski definition) is 6. The quantitative estimate of drug-likeness (QED) is 0.723. The molecule has 0 atom stereocenters. The van der Waals surface area contributed by atoms with Gasteiger partial charge >= 0.3 is 5.69 Å². The maximum absolute atomic E-state index is 12.9. The fourth-order valence-corrected chi connectivity index (χ4v) is 3.48. The van der Waals surface area contributed by atoms with E-state index in [1.807, 2.05) is 24.0 Å². The van der Waals surface area contributed by atoms with Crippen molar-refractivity contribution < 1.29 is 9.53 Å². The molecule has 0 fully saturated rings. The Hall–Kier alpha value is -2.87. The predicted molar refractivity (Wildman–Crippen MR) is 104 cm³/mol. The lowest BCUT2D eigenvalue weighted by Gasteiger charge is -2.31. The first-order valence-electron chi connectivity index (χ1n) is 8.91. The van der Waals surface area contributed by atoms with E-state index in [1.165, 1.54) is 18.2 Å². The van der Waals surface area contributed by atoms with Gasteiger partial charge in [-0.1, -0.05) is 17.7 Å². The normalized spacial score (nSPS) is 13.5. The average Bonchev–Trinajstić information content (AvgIpc) is 2.61. The number of fused-ring (bicyclic) bond motifs is 1. The zero-order chi connectivity index (χ0) is 19.6. The lowest BCUT2D eigenvalue weighted by Crippen LogP contribution is -2.40. The number of nitrogens with one attached hydrogen (secondary N) is 1. The molecule has 8 nitrogen and oxygen atoms in total. The maximum atomic E-state index is 12.9. The molecule has 3 rings (SSSR count). The molecule has 27 heavy (non-hydrogen) atoms. The Bertz CT molecular complexity index is 977. The second-order valence-corrected chi connectivity index (χ2v) is 6.74. The van der Waals surface area contributed by atoms with Crippen molar-refractivity contribution in [2.75, 3.05) is 37.4 Å². The number of nitrogens with zero attached hydrogens (tertiary/aromatic N) is 2. The summed E-state index contributed by atoms with van der Waals surface area (Å²) in [4.78, 5) is 41.2. The van der Waals surface area contributed by atoms with Gasteiger partial charge in [0.15, 0.2) is 5.78 Å². The molecule has 0 spiro atoms. The van der Waals surface area contributed by atoms with Crippen LogP contribution in [0.15, 0.2) is 27.8 Å². The van der Waals surface area contributed by atoms with Crippen LogP contribution < -0.4 is 21.9 Å². The summed E-state index contributed by atoms with van der Waals surface area (Å²) in [5.41, 5.74) is 7.79. The first-order chi connectivity index (χ1) is 12.9. The minimum atomic E-state index is -0.752. The third-order valence-electron chi connectivity index (χ3n) is 4.82. The molecule has 0 radical (unpaired) electrons. The van der Waals surface area contributed by atoms with Crippen molar-refractivity contribution >= 4 is 17.3 Å². The summed E-state index contributed by atoms with van der Waals surface area (Å²) in [6.45, 7) is 3.19. The summed E-state index contributed by atoms with van der Waals surface area (Å²) < 4.78 is 6.11. The van der Waals surface area contributed by atoms with Crippen molar-refractivity contribution in [1.29, 1.82) is 0 Å². The van der Waals surface area contributed by atoms with Gasteiger partial charge in [-0.2, -0.15) is 0 Å². The number of rotatable bonds is 6. The van der Waals surface area contributed by atoms with Crippen LogP contribution in [0, 0.1) is 6.92 Å². The summed E-state index contributed by atoms with van der Waals surface area (Å²) >= 11 is 0. The van der Waals surface area contributed by atoms with Gasteiger partial charge in [0, 0.05) is 19.3 Å². The van der Waals surface area contributed by atoms with E-state index in [0.717, 1.165) is 29.6 Å². The summed E-state index contributed by atoms with van der Waals surface area (Å²) in [6.07, 6.45) is 1.90. The first-order valence-corrected chi connectivity index (χ1v) is 8.91. The minimum absolute atomic E-state index is 0.0336. The highest BCUT2D eigenvalue weighted by Gasteiger charge is 2.24. The van der Waals surface area contributed by atoms with E-state index >= 15 is 0 Å². The molecular weight excluding hydrogens is 348 g/mol. The van der Waals surface area contributed by atoms with Crippen LogP contribution >= 0.6 is 0 Å². The molecular formula is C19H24N4O4. The highest BCUT2D eigenvalue weighted by atomic mass is 16.5. The van der Waals surface area contributed by atoms with E-state index in [2.05, 4.69) is 11.1 Å². The van der Waals surface area contributed by atoms with Crippen LogP contribution in [0.25, 0.3) is 0 Å². The van der Waals surface area contributed by atoms with Gasteiger partial charge in [-0.05, 0) is 31.4 Å². The number of aromatic nitrogens is 2. The molecule has 2 aromatic rings. The number of aryl methyl sites for hydroxylation is 2. The summed E-state index contributed by atoms with van der Waals surface area (Å²) in [5.74, 6) is -0.528. The number of anilines is 2. The number of ketones is 1. The summed E-state index contributed by atoms with van der Waals surface area (Å²) in [5, 5.41) is 0. The van der Waals surface area contributed by atoms with Crippen LogP contribution in [0.2, 0.25) is 0 Å². The first kappa shape index (κ1) is 18.9. The smallest absolute Gasteiger partial charge is 0.330 e. The molecule has 144 valence electrons. The molecule has 0 bridgehead atoms. The zero-order valence-electron chi connectivity index (χ0n) is 15.6. The molecule has 1 aromatic heterocycles. The molecule has 0 unspecified atom stereocenters. The lowest BCUT2D eigenvalue weighted by molar-refractivity contribution is 0.0997. The minimum Gasteiger partial charge on any atom is -0.384 e. The monoisotopic (exact) mass is 372 g/mol. The molecule has 0 saturated carbocycles. The van der Waals surface area contributed by atoms with Gasteiger partial charge < -0.3 is 15.4 Å². The molecule has 3 N–H and O–H groups in total. The summed E-state index contributed by atoms with van der Waals surface area (Å²) in [6, 6.07) is 6.13. The number of carbonyl (C=O) groups is 1. The standard InChI is InChI=1S/C19H24N4O4/c1-12-5-6-14-13(10-12)4-3-7-22(14)11-15(24)16-17(20)23(8-9-27-2)19(26)21-18(16)25/h5-6,10H,3-4,7-9,11,20H2,1-2H3,(H,21,25,26). The van der Waals surface area contributed by atoms with Gasteiger partial charge in [0.1, 0.15) is 11.4 Å². The van der Waals surface area contributed by atoms with Crippen molar-refractivity contribution in [2.45, 2.75) is 26.3 Å². The second-order valence-electron chi connectivity index (χ2n) is 6.74. The molecule has 0 saturated heterocycles. The highest BCUT2D eigenvalue weighted by Crippen LogP contribution is 2.28. The Morgan fingerprint density at radius 3 is 2.85 bits per heavy atom. The number of carbonyl (C=O) groups excluding carboxylic acids is 1. The van der Waals surface area contributed by atoms with Crippen molar-refractivity contribution in [3.63, 3.8) is 0 Å². The van der Waals surface area contributed by atoms with Gasteiger partial charge in [0.2, 0.25) is 0 Å². The van der Waals surface area contributed by atoms with Crippen LogP contribution in [0.3, 0.4) is 0 Å². The Morgan fingerprint density at radius 1 is 1.33 bits per heavy atom. The van der Waals surface area contributed by atoms with Crippen LogP contribution in [-0.4, -0.2) is 42.1 Å². The van der Waals surface area contributed by atoms with Crippen molar-refractivity contribution in [2.24, 2.45) is 0 Å². The van der Waals surface area contributed by atoms with Crippen LogP contribution in [0.4, 0.5) is 11.5 Å². The largest absolute Gasteiger partial charge is 0.384 e. The lowest BCUT2D eigenvalue weighted by atomic mass is 9.99. The second kappa shape index (κ2) is 7.79. The fraction of sp³-hybridized carbons (Fsp3) is 0.421. The van der Waals surface area contributed by atoms with Crippen molar-refractivity contribution in [3.05, 3.63) is 55.7 Å². The van der Waals surface area contributed by atoms with Gasteiger partial charge in [-0.15, -0.1) is 0 Å². The van der Waals surface area contributed by atoms with Gasteiger partial charge in [-0.3, -0.25) is 19.1 Å². The number of benzene rings is 1. The van der Waals surface area contributed by atoms with Gasteiger partial charge in [0.05, 0.1) is 19.7 Å². The molecule has 8 heteroatoms. The number of nitrogens with two attached hydrogens (primary N) is 1. The molecule has 0 aliphatic carbocycles. The Morgan fingerprint density at radius 2 is 2.11 bits per heavy atom. The van der Waals surface area contributed by atoms with E-state index in [9.17, 15) is 14.4 Å². The van der Waals surface area contributed by atoms with Gasteiger partial charge in [-0.25, -0.2) is 4.79 Å².